The van der Waals surface area contributed by atoms with E-state index >= 15 is 0 Å². The molecule has 1 N–H and O–H groups in total. The Morgan fingerprint density at radius 2 is 1.70 bits per heavy atom. The molecule has 0 aliphatic heterocycles. The highest BCUT2D eigenvalue weighted by Gasteiger charge is 2.32. The molecule has 1 atom stereocenters. The predicted molar refractivity (Wildman–Crippen MR) is 112 cm³/mol. The van der Waals surface area contributed by atoms with E-state index in [1.54, 1.807) is 13.0 Å². The fourth-order valence-corrected chi connectivity index (χ4v) is 4.60. The summed E-state index contributed by atoms with van der Waals surface area (Å²) in [5, 5.41) is 3.43. The number of benzene rings is 2. The average Bonchev–Trinajstić information content (AvgIpc) is 2.57. The fourth-order valence-electron chi connectivity index (χ4n) is 2.89. The summed E-state index contributed by atoms with van der Waals surface area (Å²) in [6.45, 7) is 3.74. The molecular weight excluding hydrogens is 407 g/mol. The Kier molecular flexibility index (Phi) is 7.14. The minimum atomic E-state index is -3.76. The van der Waals surface area contributed by atoms with Crippen LogP contribution in [0.2, 0.25) is 10.0 Å². The molecule has 2 rings (SSSR count). The van der Waals surface area contributed by atoms with Gasteiger partial charge in [-0.1, -0.05) is 55.2 Å². The van der Waals surface area contributed by atoms with Crippen LogP contribution in [0.4, 0.5) is 11.4 Å². The van der Waals surface area contributed by atoms with Crippen LogP contribution in [0.25, 0.3) is 0 Å². The quantitative estimate of drug-likeness (QED) is 0.692. The molecule has 0 radical (unpaired) electrons. The van der Waals surface area contributed by atoms with Gasteiger partial charge >= 0.3 is 0 Å². The van der Waals surface area contributed by atoms with Gasteiger partial charge in [-0.3, -0.25) is 9.10 Å². The average molecular weight is 429 g/mol. The summed E-state index contributed by atoms with van der Waals surface area (Å²) in [5.74, 6) is -0.417. The Labute approximate surface area is 170 Å². The van der Waals surface area contributed by atoms with Gasteiger partial charge in [-0.2, -0.15) is 0 Å². The van der Waals surface area contributed by atoms with E-state index in [-0.39, 0.29) is 22.2 Å². The third-order valence-corrected chi connectivity index (χ3v) is 5.70. The molecule has 0 unspecified atom stereocenters. The molecule has 0 fully saturated rings. The number of sulfonamides is 1. The highest BCUT2D eigenvalue weighted by molar-refractivity contribution is 7.92. The Hall–Kier alpha value is -1.76. The van der Waals surface area contributed by atoms with Crippen LogP contribution < -0.4 is 9.62 Å². The zero-order valence-electron chi connectivity index (χ0n) is 15.4. The second kappa shape index (κ2) is 8.95. The summed E-state index contributed by atoms with van der Waals surface area (Å²) in [5.41, 5.74) is 1.89. The van der Waals surface area contributed by atoms with Crippen molar-refractivity contribution in [3.63, 3.8) is 0 Å². The fraction of sp³-hybridized carbons (Fsp3) is 0.316. The van der Waals surface area contributed by atoms with Gasteiger partial charge < -0.3 is 5.32 Å². The first-order valence-electron chi connectivity index (χ1n) is 8.51. The van der Waals surface area contributed by atoms with Crippen LogP contribution in [0.15, 0.2) is 42.5 Å². The third-order valence-electron chi connectivity index (χ3n) is 4.09. The van der Waals surface area contributed by atoms with Crippen LogP contribution in [0.3, 0.4) is 0 Å². The van der Waals surface area contributed by atoms with Crippen molar-refractivity contribution >= 4 is 50.5 Å². The van der Waals surface area contributed by atoms with Crippen LogP contribution in [0.1, 0.15) is 25.8 Å². The van der Waals surface area contributed by atoms with Gasteiger partial charge in [-0.05, 0) is 42.7 Å². The number of halogens is 2. The number of anilines is 2. The van der Waals surface area contributed by atoms with Crippen molar-refractivity contribution in [1.29, 1.82) is 0 Å². The van der Waals surface area contributed by atoms with Crippen molar-refractivity contribution in [2.75, 3.05) is 15.9 Å². The molecule has 0 spiro atoms. The molecule has 0 aliphatic carbocycles. The molecule has 0 saturated carbocycles. The van der Waals surface area contributed by atoms with Crippen LogP contribution in [-0.2, 0) is 21.2 Å². The van der Waals surface area contributed by atoms with E-state index in [0.29, 0.717) is 5.69 Å². The van der Waals surface area contributed by atoms with Crippen LogP contribution in [0.5, 0.6) is 0 Å². The number of aryl methyl sites for hydroxylation is 1. The monoisotopic (exact) mass is 428 g/mol. The second-order valence-electron chi connectivity index (χ2n) is 6.11. The SMILES string of the molecule is CCc1ccccc1NC(=O)[C@@H](CC)N(c1cc(Cl)cc(Cl)c1)S(C)(=O)=O. The molecule has 146 valence electrons. The van der Waals surface area contributed by atoms with Gasteiger partial charge in [0.1, 0.15) is 6.04 Å². The van der Waals surface area contributed by atoms with E-state index in [1.165, 1.54) is 18.2 Å². The number of hydrogen-bond donors (Lipinski definition) is 1. The minimum Gasteiger partial charge on any atom is -0.324 e. The van der Waals surface area contributed by atoms with Gasteiger partial charge in [0.25, 0.3) is 0 Å². The Balaban J connectivity index is 2.44. The Morgan fingerprint density at radius 3 is 2.22 bits per heavy atom. The molecule has 0 aliphatic rings. The number of carbonyl (C=O) groups excluding carboxylic acids is 1. The molecule has 5 nitrogen and oxygen atoms in total. The number of rotatable bonds is 7. The molecule has 0 heterocycles. The first-order chi connectivity index (χ1) is 12.7. The van der Waals surface area contributed by atoms with Crippen LogP contribution in [0, 0.1) is 0 Å². The lowest BCUT2D eigenvalue weighted by Crippen LogP contribution is -2.47. The van der Waals surface area contributed by atoms with Gasteiger partial charge in [0.15, 0.2) is 0 Å². The maximum absolute atomic E-state index is 13.0. The summed E-state index contributed by atoms with van der Waals surface area (Å²) in [6.07, 6.45) is 2.07. The highest BCUT2D eigenvalue weighted by Crippen LogP contribution is 2.30. The molecule has 27 heavy (non-hydrogen) atoms. The molecule has 8 heteroatoms. The van der Waals surface area contributed by atoms with Crippen LogP contribution >= 0.6 is 23.2 Å². The molecule has 2 aromatic rings. The number of hydrogen-bond acceptors (Lipinski definition) is 3. The maximum Gasteiger partial charge on any atom is 0.248 e. The van der Waals surface area contributed by atoms with Gasteiger partial charge in [0.2, 0.25) is 15.9 Å². The van der Waals surface area contributed by atoms with E-state index < -0.39 is 22.0 Å². The number of carbonyl (C=O) groups is 1. The summed E-state index contributed by atoms with van der Waals surface area (Å²) in [4.78, 5) is 13.0. The number of nitrogens with one attached hydrogen (secondary N) is 1. The number of para-hydroxylation sites is 1. The summed E-state index contributed by atoms with van der Waals surface area (Å²) in [7, 11) is -3.76. The normalized spacial score (nSPS) is 12.5. The second-order valence-corrected chi connectivity index (χ2v) is 8.84. The Morgan fingerprint density at radius 1 is 1.11 bits per heavy atom. The number of nitrogens with zero attached hydrogens (tertiary/aromatic N) is 1. The first-order valence-corrected chi connectivity index (χ1v) is 11.1. The van der Waals surface area contributed by atoms with Gasteiger partial charge in [0, 0.05) is 15.7 Å². The van der Waals surface area contributed by atoms with Gasteiger partial charge in [0.05, 0.1) is 11.9 Å². The van der Waals surface area contributed by atoms with E-state index in [0.717, 1.165) is 22.5 Å². The highest BCUT2D eigenvalue weighted by atomic mass is 35.5. The molecule has 2 aromatic carbocycles. The van der Waals surface area contributed by atoms with E-state index in [2.05, 4.69) is 5.32 Å². The zero-order valence-corrected chi connectivity index (χ0v) is 17.7. The summed E-state index contributed by atoms with van der Waals surface area (Å²) in [6, 6.07) is 10.9. The van der Waals surface area contributed by atoms with Crippen molar-refractivity contribution in [2.24, 2.45) is 0 Å². The largest absolute Gasteiger partial charge is 0.324 e. The summed E-state index contributed by atoms with van der Waals surface area (Å²) >= 11 is 12.1. The molecule has 0 saturated heterocycles. The predicted octanol–water partition coefficient (Wildman–Crippen LogP) is 4.74. The standard InChI is InChI=1S/C19H22Cl2N2O3S/c1-4-13-8-6-7-9-17(13)22-19(24)18(5-2)23(27(3,25)26)16-11-14(20)10-15(21)12-16/h6-12,18H,4-5H2,1-3H3,(H,22,24)/t18-/m1/s1. The molecular formula is C19H22Cl2N2O3S. The van der Waals surface area contributed by atoms with E-state index in [9.17, 15) is 13.2 Å². The molecule has 0 aromatic heterocycles. The van der Waals surface area contributed by atoms with Crippen molar-refractivity contribution in [3.8, 4) is 0 Å². The van der Waals surface area contributed by atoms with Crippen molar-refractivity contribution in [1.82, 2.24) is 0 Å². The first kappa shape index (κ1) is 21.5. The lowest BCUT2D eigenvalue weighted by Gasteiger charge is -2.30. The van der Waals surface area contributed by atoms with E-state index in [4.69, 9.17) is 23.2 Å². The lowest BCUT2D eigenvalue weighted by molar-refractivity contribution is -0.117. The Bertz CT molecular complexity index is 912. The number of amides is 1. The van der Waals surface area contributed by atoms with Gasteiger partial charge in [-0.25, -0.2) is 8.42 Å². The zero-order chi connectivity index (χ0) is 20.2. The van der Waals surface area contributed by atoms with E-state index in [1.807, 2.05) is 25.1 Å². The third kappa shape index (κ3) is 5.37. The molecule has 0 bridgehead atoms. The van der Waals surface area contributed by atoms with Crippen molar-refractivity contribution in [2.45, 2.75) is 32.7 Å². The smallest absolute Gasteiger partial charge is 0.248 e. The van der Waals surface area contributed by atoms with Crippen molar-refractivity contribution in [3.05, 3.63) is 58.1 Å². The lowest BCUT2D eigenvalue weighted by atomic mass is 10.1. The summed E-state index contributed by atoms with van der Waals surface area (Å²) < 4.78 is 26.1. The topological polar surface area (TPSA) is 66.5 Å². The minimum absolute atomic E-state index is 0.251. The van der Waals surface area contributed by atoms with Crippen molar-refractivity contribution < 1.29 is 13.2 Å². The van der Waals surface area contributed by atoms with Crippen LogP contribution in [-0.4, -0.2) is 26.6 Å². The molecule has 1 amide bonds. The maximum atomic E-state index is 13.0. The van der Waals surface area contributed by atoms with Gasteiger partial charge in [-0.15, -0.1) is 0 Å².